The van der Waals surface area contributed by atoms with Gasteiger partial charge in [0.15, 0.2) is 5.75 Å². The van der Waals surface area contributed by atoms with E-state index in [4.69, 9.17) is 10.5 Å². The predicted octanol–water partition coefficient (Wildman–Crippen LogP) is 0.683. The molecule has 0 amide bonds. The Morgan fingerprint density at radius 3 is 2.85 bits per heavy atom. The van der Waals surface area contributed by atoms with Crippen molar-refractivity contribution in [3.63, 3.8) is 0 Å². The molecule has 1 unspecified atom stereocenters. The number of nitro groups is 1. The zero-order valence-corrected chi connectivity index (χ0v) is 11.8. The van der Waals surface area contributed by atoms with Crippen molar-refractivity contribution < 1.29 is 9.66 Å². The molecule has 1 aromatic carbocycles. The number of rotatable bonds is 4. The lowest BCUT2D eigenvalue weighted by atomic mass is 10.1. The number of nitrogens with zero attached hydrogens (tertiary/aromatic N) is 3. The van der Waals surface area contributed by atoms with Gasteiger partial charge in [-0.05, 0) is 19.2 Å². The Morgan fingerprint density at radius 2 is 2.25 bits per heavy atom. The topological polar surface area (TPSA) is 84.9 Å². The average molecular weight is 280 g/mol. The number of hydrogen-bond acceptors (Lipinski definition) is 6. The van der Waals surface area contributed by atoms with Crippen LogP contribution in [0.2, 0.25) is 0 Å². The number of piperazine rings is 1. The Hall–Kier alpha value is -1.86. The second kappa shape index (κ2) is 6.06. The van der Waals surface area contributed by atoms with Gasteiger partial charge >= 0.3 is 5.69 Å². The van der Waals surface area contributed by atoms with E-state index in [1.54, 1.807) is 18.2 Å². The van der Waals surface area contributed by atoms with Crippen molar-refractivity contribution in [1.82, 2.24) is 4.90 Å². The van der Waals surface area contributed by atoms with Crippen LogP contribution in [0.5, 0.6) is 5.75 Å². The summed E-state index contributed by atoms with van der Waals surface area (Å²) in [5.41, 5.74) is 6.41. The molecule has 7 heteroatoms. The molecular formula is C13H20N4O3. The molecule has 1 aliphatic heterocycles. The quantitative estimate of drug-likeness (QED) is 0.645. The van der Waals surface area contributed by atoms with Gasteiger partial charge in [0.25, 0.3) is 0 Å². The van der Waals surface area contributed by atoms with E-state index in [1.807, 2.05) is 11.9 Å². The molecule has 1 atom stereocenters. The number of benzene rings is 1. The number of para-hydroxylation sites is 1. The molecule has 0 saturated carbocycles. The van der Waals surface area contributed by atoms with Gasteiger partial charge in [-0.3, -0.25) is 10.1 Å². The van der Waals surface area contributed by atoms with E-state index in [9.17, 15) is 10.1 Å². The smallest absolute Gasteiger partial charge is 0.333 e. The fraction of sp³-hybridized carbons (Fsp3) is 0.538. The number of methoxy groups -OCH3 is 1. The van der Waals surface area contributed by atoms with Gasteiger partial charge in [-0.25, -0.2) is 0 Å². The number of hydrogen-bond donors (Lipinski definition) is 1. The minimum atomic E-state index is -0.389. The summed E-state index contributed by atoms with van der Waals surface area (Å²) >= 11 is 0. The fourth-order valence-corrected chi connectivity index (χ4v) is 2.62. The zero-order valence-electron chi connectivity index (χ0n) is 11.8. The van der Waals surface area contributed by atoms with Crippen molar-refractivity contribution >= 4 is 11.4 Å². The minimum absolute atomic E-state index is 0.0120. The molecule has 1 aromatic rings. The molecule has 0 radical (unpaired) electrons. The molecule has 1 fully saturated rings. The van der Waals surface area contributed by atoms with Crippen LogP contribution in [0.3, 0.4) is 0 Å². The van der Waals surface area contributed by atoms with Gasteiger partial charge in [0.05, 0.1) is 18.1 Å². The van der Waals surface area contributed by atoms with E-state index in [0.717, 1.165) is 13.1 Å². The first kappa shape index (κ1) is 14.5. The van der Waals surface area contributed by atoms with Crippen LogP contribution in [0.1, 0.15) is 0 Å². The maximum Gasteiger partial charge on any atom is 0.333 e. The Morgan fingerprint density at radius 1 is 1.50 bits per heavy atom. The number of likely N-dealkylation sites (N-methyl/N-ethyl adjacent to an activating group) is 1. The summed E-state index contributed by atoms with van der Waals surface area (Å²) in [4.78, 5) is 15.2. The summed E-state index contributed by atoms with van der Waals surface area (Å²) in [6.45, 7) is 2.82. The van der Waals surface area contributed by atoms with Crippen LogP contribution in [0.25, 0.3) is 0 Å². The second-order valence-corrected chi connectivity index (χ2v) is 4.93. The first-order chi connectivity index (χ1) is 9.58. The molecule has 2 rings (SSSR count). The van der Waals surface area contributed by atoms with Crippen molar-refractivity contribution in [2.75, 3.05) is 45.2 Å². The lowest BCUT2D eigenvalue weighted by Crippen LogP contribution is -2.55. The van der Waals surface area contributed by atoms with Crippen molar-refractivity contribution in [2.45, 2.75) is 6.04 Å². The Balaban J connectivity index is 2.43. The van der Waals surface area contributed by atoms with Gasteiger partial charge in [-0.15, -0.1) is 0 Å². The normalized spacial score (nSPS) is 19.9. The lowest BCUT2D eigenvalue weighted by Gasteiger charge is -2.40. The highest BCUT2D eigenvalue weighted by molar-refractivity contribution is 5.70. The van der Waals surface area contributed by atoms with Crippen LogP contribution in [0, 0.1) is 10.1 Å². The highest BCUT2D eigenvalue weighted by atomic mass is 16.6. The number of nitro benzene ring substituents is 1. The summed E-state index contributed by atoms with van der Waals surface area (Å²) in [5, 5.41) is 11.4. The van der Waals surface area contributed by atoms with E-state index in [-0.39, 0.29) is 22.4 Å². The van der Waals surface area contributed by atoms with Crippen molar-refractivity contribution in [2.24, 2.45) is 5.73 Å². The Labute approximate surface area is 118 Å². The largest absolute Gasteiger partial charge is 0.490 e. The first-order valence-electron chi connectivity index (χ1n) is 6.55. The van der Waals surface area contributed by atoms with Crippen LogP contribution >= 0.6 is 0 Å². The molecule has 20 heavy (non-hydrogen) atoms. The van der Waals surface area contributed by atoms with E-state index in [2.05, 4.69) is 4.90 Å². The Bertz CT molecular complexity index is 495. The third kappa shape index (κ3) is 2.68. The maximum absolute atomic E-state index is 11.4. The molecule has 1 heterocycles. The minimum Gasteiger partial charge on any atom is -0.490 e. The van der Waals surface area contributed by atoms with Crippen molar-refractivity contribution in [3.8, 4) is 5.75 Å². The van der Waals surface area contributed by atoms with E-state index in [0.29, 0.717) is 18.8 Å². The molecule has 7 nitrogen and oxygen atoms in total. The van der Waals surface area contributed by atoms with Gasteiger partial charge in [0.2, 0.25) is 0 Å². The summed E-state index contributed by atoms with van der Waals surface area (Å²) < 4.78 is 5.12. The maximum atomic E-state index is 11.4. The van der Waals surface area contributed by atoms with E-state index >= 15 is 0 Å². The molecule has 0 bridgehead atoms. The van der Waals surface area contributed by atoms with Gasteiger partial charge < -0.3 is 20.3 Å². The molecule has 1 saturated heterocycles. The predicted molar refractivity (Wildman–Crippen MR) is 77.3 cm³/mol. The summed E-state index contributed by atoms with van der Waals surface area (Å²) in [6.07, 6.45) is 0. The van der Waals surface area contributed by atoms with Crippen LogP contribution in [0.4, 0.5) is 11.4 Å². The molecule has 2 N–H and O–H groups in total. The van der Waals surface area contributed by atoms with Gasteiger partial charge in [0, 0.05) is 26.2 Å². The third-order valence-electron chi connectivity index (χ3n) is 3.65. The lowest BCUT2D eigenvalue weighted by molar-refractivity contribution is -0.385. The molecule has 0 aromatic heterocycles. The average Bonchev–Trinajstić information content (AvgIpc) is 2.46. The van der Waals surface area contributed by atoms with Gasteiger partial charge in [0.1, 0.15) is 5.69 Å². The highest BCUT2D eigenvalue weighted by Crippen LogP contribution is 2.38. The molecular weight excluding hydrogens is 260 g/mol. The molecule has 110 valence electrons. The third-order valence-corrected chi connectivity index (χ3v) is 3.65. The Kier molecular flexibility index (Phi) is 4.41. The number of nitrogens with two attached hydrogens (primary N) is 1. The van der Waals surface area contributed by atoms with E-state index in [1.165, 1.54) is 7.11 Å². The summed E-state index contributed by atoms with van der Waals surface area (Å²) in [6, 6.07) is 5.20. The van der Waals surface area contributed by atoms with E-state index < -0.39 is 0 Å². The number of anilines is 1. The highest BCUT2D eigenvalue weighted by Gasteiger charge is 2.31. The van der Waals surface area contributed by atoms with Crippen LogP contribution in [0.15, 0.2) is 18.2 Å². The van der Waals surface area contributed by atoms with Crippen molar-refractivity contribution in [1.29, 1.82) is 0 Å². The molecule has 0 spiro atoms. The molecule has 0 aliphatic carbocycles. The van der Waals surface area contributed by atoms with Crippen LogP contribution in [-0.4, -0.2) is 56.2 Å². The van der Waals surface area contributed by atoms with Gasteiger partial charge in [-0.2, -0.15) is 0 Å². The monoisotopic (exact) mass is 280 g/mol. The van der Waals surface area contributed by atoms with Crippen LogP contribution in [-0.2, 0) is 0 Å². The summed E-state index contributed by atoms with van der Waals surface area (Å²) in [7, 11) is 3.47. The summed E-state index contributed by atoms with van der Waals surface area (Å²) in [5.74, 6) is 0.280. The zero-order chi connectivity index (χ0) is 14.7. The van der Waals surface area contributed by atoms with Gasteiger partial charge in [-0.1, -0.05) is 6.07 Å². The number of ether oxygens (including phenoxy) is 1. The SMILES string of the molecule is COc1cccc(N2CCN(C)CC2CN)c1[N+](=O)[O-]. The standard InChI is InChI=1S/C13H20N4O3/c1-15-6-7-16(10(8-14)9-15)11-4-3-5-12(20-2)13(11)17(18)19/h3-5,10H,6-9,14H2,1-2H3. The second-order valence-electron chi connectivity index (χ2n) is 4.93. The van der Waals surface area contributed by atoms with Crippen molar-refractivity contribution in [3.05, 3.63) is 28.3 Å². The van der Waals surface area contributed by atoms with Crippen LogP contribution < -0.4 is 15.4 Å². The first-order valence-corrected chi connectivity index (χ1v) is 6.55. The molecule has 1 aliphatic rings. The fourth-order valence-electron chi connectivity index (χ4n) is 2.62.